The number of benzene rings is 1. The third-order valence-corrected chi connectivity index (χ3v) is 2.94. The lowest BCUT2D eigenvalue weighted by Crippen LogP contribution is -2.49. The third kappa shape index (κ3) is 4.20. The average molecular weight is 264 g/mol. The maximum Gasteiger partial charge on any atom is 0.333 e. The van der Waals surface area contributed by atoms with Crippen LogP contribution < -0.4 is 16.5 Å². The van der Waals surface area contributed by atoms with Crippen LogP contribution in [0.3, 0.4) is 0 Å². The number of ether oxygens (including phenoxy) is 1. The van der Waals surface area contributed by atoms with Crippen LogP contribution in [-0.2, 0) is 4.74 Å². The van der Waals surface area contributed by atoms with E-state index in [0.29, 0.717) is 26.3 Å². The minimum atomic E-state index is -0.247. The van der Waals surface area contributed by atoms with E-state index < -0.39 is 0 Å². The molecule has 6 heteroatoms. The SMILES string of the molecule is CC(N)c1cccc(NC(=O)NN2CCOCC2)c1. The number of hydrogen-bond donors (Lipinski definition) is 3. The summed E-state index contributed by atoms with van der Waals surface area (Å²) in [6, 6.07) is 7.24. The molecule has 19 heavy (non-hydrogen) atoms. The fourth-order valence-corrected chi connectivity index (χ4v) is 1.88. The van der Waals surface area contributed by atoms with E-state index in [9.17, 15) is 4.79 Å². The molecule has 1 atom stereocenters. The maximum absolute atomic E-state index is 11.8. The number of rotatable bonds is 3. The number of amides is 2. The first kappa shape index (κ1) is 13.8. The van der Waals surface area contributed by atoms with Gasteiger partial charge < -0.3 is 15.8 Å². The van der Waals surface area contributed by atoms with Crippen molar-refractivity contribution in [2.75, 3.05) is 31.6 Å². The highest BCUT2D eigenvalue weighted by Crippen LogP contribution is 2.15. The topological polar surface area (TPSA) is 79.6 Å². The summed E-state index contributed by atoms with van der Waals surface area (Å²) in [7, 11) is 0. The zero-order valence-electron chi connectivity index (χ0n) is 11.1. The van der Waals surface area contributed by atoms with Crippen molar-refractivity contribution >= 4 is 11.7 Å². The number of carbonyl (C=O) groups is 1. The number of carbonyl (C=O) groups excluding carboxylic acids is 1. The van der Waals surface area contributed by atoms with E-state index in [-0.39, 0.29) is 12.1 Å². The predicted molar refractivity (Wildman–Crippen MR) is 73.6 cm³/mol. The number of nitrogens with two attached hydrogens (primary N) is 1. The van der Waals surface area contributed by atoms with Crippen LogP contribution in [0.4, 0.5) is 10.5 Å². The molecule has 4 N–H and O–H groups in total. The van der Waals surface area contributed by atoms with Gasteiger partial charge in [-0.25, -0.2) is 9.80 Å². The fourth-order valence-electron chi connectivity index (χ4n) is 1.88. The van der Waals surface area contributed by atoms with Crippen LogP contribution in [0.15, 0.2) is 24.3 Å². The molecule has 2 amide bonds. The van der Waals surface area contributed by atoms with Crippen LogP contribution in [0.2, 0.25) is 0 Å². The summed E-state index contributed by atoms with van der Waals surface area (Å²) in [5, 5.41) is 4.64. The largest absolute Gasteiger partial charge is 0.379 e. The average Bonchev–Trinajstić information content (AvgIpc) is 2.40. The summed E-state index contributed by atoms with van der Waals surface area (Å²) in [5.41, 5.74) is 10.3. The zero-order valence-corrected chi connectivity index (χ0v) is 11.1. The molecule has 1 aliphatic rings. The fraction of sp³-hybridized carbons (Fsp3) is 0.462. The number of anilines is 1. The Morgan fingerprint density at radius 2 is 2.16 bits per heavy atom. The van der Waals surface area contributed by atoms with Gasteiger partial charge in [0.05, 0.1) is 13.2 Å². The molecule has 0 aromatic heterocycles. The van der Waals surface area contributed by atoms with Gasteiger partial charge in [0.25, 0.3) is 0 Å². The molecule has 1 aromatic rings. The second-order valence-corrected chi connectivity index (χ2v) is 4.58. The van der Waals surface area contributed by atoms with Crippen LogP contribution in [0.1, 0.15) is 18.5 Å². The van der Waals surface area contributed by atoms with Crippen molar-refractivity contribution in [3.63, 3.8) is 0 Å². The second-order valence-electron chi connectivity index (χ2n) is 4.58. The molecule has 0 bridgehead atoms. The van der Waals surface area contributed by atoms with E-state index in [1.54, 1.807) is 0 Å². The molecule has 1 heterocycles. The first-order valence-electron chi connectivity index (χ1n) is 6.41. The van der Waals surface area contributed by atoms with Crippen LogP contribution in [0.5, 0.6) is 0 Å². The van der Waals surface area contributed by atoms with E-state index in [1.165, 1.54) is 0 Å². The molecular weight excluding hydrogens is 244 g/mol. The van der Waals surface area contributed by atoms with Gasteiger partial charge >= 0.3 is 6.03 Å². The molecule has 1 unspecified atom stereocenters. The summed E-state index contributed by atoms with van der Waals surface area (Å²) < 4.78 is 5.21. The van der Waals surface area contributed by atoms with E-state index in [1.807, 2.05) is 36.2 Å². The van der Waals surface area contributed by atoms with E-state index in [0.717, 1.165) is 11.3 Å². The van der Waals surface area contributed by atoms with Crippen molar-refractivity contribution in [3.8, 4) is 0 Å². The van der Waals surface area contributed by atoms with Crippen molar-refractivity contribution in [2.24, 2.45) is 5.73 Å². The van der Waals surface area contributed by atoms with E-state index >= 15 is 0 Å². The Hall–Kier alpha value is -1.63. The van der Waals surface area contributed by atoms with Gasteiger partial charge in [0.1, 0.15) is 0 Å². The highest BCUT2D eigenvalue weighted by Gasteiger charge is 2.13. The second kappa shape index (κ2) is 6.51. The zero-order chi connectivity index (χ0) is 13.7. The van der Waals surface area contributed by atoms with Crippen LogP contribution >= 0.6 is 0 Å². The van der Waals surface area contributed by atoms with Crippen molar-refractivity contribution in [3.05, 3.63) is 29.8 Å². The van der Waals surface area contributed by atoms with Crippen LogP contribution in [0.25, 0.3) is 0 Å². The summed E-state index contributed by atoms with van der Waals surface area (Å²) >= 11 is 0. The smallest absolute Gasteiger partial charge is 0.333 e. The first-order valence-corrected chi connectivity index (χ1v) is 6.41. The highest BCUT2D eigenvalue weighted by molar-refractivity contribution is 5.88. The van der Waals surface area contributed by atoms with Gasteiger partial charge in [-0.2, -0.15) is 0 Å². The predicted octanol–water partition coefficient (Wildman–Crippen LogP) is 1.07. The van der Waals surface area contributed by atoms with Crippen LogP contribution in [-0.4, -0.2) is 37.3 Å². The van der Waals surface area contributed by atoms with Gasteiger partial charge in [-0.1, -0.05) is 12.1 Å². The molecule has 1 aliphatic heterocycles. The molecule has 2 rings (SSSR count). The lowest BCUT2D eigenvalue weighted by atomic mass is 10.1. The van der Waals surface area contributed by atoms with Crippen molar-refractivity contribution in [2.45, 2.75) is 13.0 Å². The Morgan fingerprint density at radius 1 is 1.42 bits per heavy atom. The number of urea groups is 1. The molecule has 1 aromatic carbocycles. The quantitative estimate of drug-likeness (QED) is 0.763. The normalized spacial score (nSPS) is 17.8. The van der Waals surface area contributed by atoms with Crippen molar-refractivity contribution in [1.82, 2.24) is 10.4 Å². The van der Waals surface area contributed by atoms with Gasteiger partial charge in [0.15, 0.2) is 0 Å². The Kier molecular flexibility index (Phi) is 4.73. The number of morpholine rings is 1. The van der Waals surface area contributed by atoms with Crippen molar-refractivity contribution < 1.29 is 9.53 Å². The van der Waals surface area contributed by atoms with Gasteiger partial charge in [0, 0.05) is 24.8 Å². The third-order valence-electron chi connectivity index (χ3n) is 2.94. The number of nitrogens with one attached hydrogen (secondary N) is 2. The Morgan fingerprint density at radius 3 is 2.84 bits per heavy atom. The van der Waals surface area contributed by atoms with Gasteiger partial charge in [-0.15, -0.1) is 0 Å². The maximum atomic E-state index is 11.8. The van der Waals surface area contributed by atoms with Gasteiger partial charge in [-0.3, -0.25) is 5.43 Å². The number of hydrazine groups is 1. The number of nitrogens with zero attached hydrogens (tertiary/aromatic N) is 1. The standard InChI is InChI=1S/C13H20N4O2/c1-10(14)11-3-2-4-12(9-11)15-13(18)16-17-5-7-19-8-6-17/h2-4,9-10H,5-8,14H2,1H3,(H2,15,16,18). The summed E-state index contributed by atoms with van der Waals surface area (Å²) in [5.74, 6) is 0. The highest BCUT2D eigenvalue weighted by atomic mass is 16.5. The van der Waals surface area contributed by atoms with Gasteiger partial charge in [0.2, 0.25) is 0 Å². The Bertz CT molecular complexity index is 430. The minimum absolute atomic E-state index is 0.0518. The minimum Gasteiger partial charge on any atom is -0.379 e. The lowest BCUT2D eigenvalue weighted by molar-refractivity contribution is 0.0207. The summed E-state index contributed by atoms with van der Waals surface area (Å²) in [6.07, 6.45) is 0. The molecule has 1 fully saturated rings. The molecule has 0 spiro atoms. The first-order chi connectivity index (χ1) is 9.15. The van der Waals surface area contributed by atoms with E-state index in [2.05, 4.69) is 10.7 Å². The molecular formula is C13H20N4O2. The molecule has 0 radical (unpaired) electrons. The van der Waals surface area contributed by atoms with Crippen LogP contribution in [0, 0.1) is 0 Å². The van der Waals surface area contributed by atoms with E-state index in [4.69, 9.17) is 10.5 Å². The van der Waals surface area contributed by atoms with Gasteiger partial charge in [-0.05, 0) is 24.6 Å². The Labute approximate surface area is 112 Å². The summed E-state index contributed by atoms with van der Waals surface area (Å²) in [6.45, 7) is 4.59. The molecule has 104 valence electrons. The number of hydrogen-bond acceptors (Lipinski definition) is 4. The van der Waals surface area contributed by atoms with Crippen molar-refractivity contribution in [1.29, 1.82) is 0 Å². The Balaban J connectivity index is 1.89. The molecule has 0 saturated carbocycles. The monoisotopic (exact) mass is 264 g/mol. The summed E-state index contributed by atoms with van der Waals surface area (Å²) in [4.78, 5) is 11.8. The lowest BCUT2D eigenvalue weighted by Gasteiger charge is -2.26. The molecule has 1 saturated heterocycles. The molecule has 6 nitrogen and oxygen atoms in total. The molecule has 0 aliphatic carbocycles.